The van der Waals surface area contributed by atoms with E-state index in [1.165, 1.54) is 5.56 Å². The Labute approximate surface area is 179 Å². The minimum atomic E-state index is 0.625. The number of benzene rings is 1. The molecule has 1 saturated heterocycles. The average Bonchev–Trinajstić information content (AvgIpc) is 3.23. The molecule has 0 amide bonds. The molecule has 4 heterocycles. The highest BCUT2D eigenvalue weighted by atomic mass is 16.5. The quantitative estimate of drug-likeness (QED) is 0.502. The van der Waals surface area contributed by atoms with E-state index in [2.05, 4.69) is 44.3 Å². The summed E-state index contributed by atoms with van der Waals surface area (Å²) in [5, 5.41) is 7.93. The van der Waals surface area contributed by atoms with Gasteiger partial charge in [-0.25, -0.2) is 9.66 Å². The van der Waals surface area contributed by atoms with Crippen molar-refractivity contribution in [2.75, 3.05) is 36.5 Å². The van der Waals surface area contributed by atoms with Crippen molar-refractivity contribution in [3.63, 3.8) is 0 Å². The van der Waals surface area contributed by atoms with Gasteiger partial charge in [0.15, 0.2) is 17.0 Å². The molecule has 0 unspecified atom stereocenters. The van der Waals surface area contributed by atoms with Crippen LogP contribution in [-0.4, -0.2) is 57.1 Å². The van der Waals surface area contributed by atoms with Crippen LogP contribution < -0.4 is 10.2 Å². The zero-order valence-electron chi connectivity index (χ0n) is 17.1. The molecule has 31 heavy (non-hydrogen) atoms. The number of fused-ring (bicyclic) bond motifs is 1. The van der Waals surface area contributed by atoms with E-state index in [9.17, 15) is 0 Å². The number of anilines is 3. The van der Waals surface area contributed by atoms with Gasteiger partial charge in [-0.05, 0) is 24.6 Å². The van der Waals surface area contributed by atoms with E-state index in [-0.39, 0.29) is 0 Å². The molecule has 3 aromatic heterocycles. The molecule has 1 fully saturated rings. The smallest absolute Gasteiger partial charge is 0.229 e. The standard InChI is InChI=1S/C22H22N8O/c1-16-2-4-17(5-3-16)14-25-30-15-24-19-20(26-18-6-8-23-9-7-18)27-22(28-21(19)30)29-10-12-31-13-11-29/h2-9,14-15H,10-13H2,1H3,(H,23,26,27,28). The molecule has 9 nitrogen and oxygen atoms in total. The molecule has 1 N–H and O–H groups in total. The van der Waals surface area contributed by atoms with Crippen LogP contribution >= 0.6 is 0 Å². The number of aryl methyl sites for hydroxylation is 1. The first kappa shape index (κ1) is 19.1. The lowest BCUT2D eigenvalue weighted by atomic mass is 10.2. The van der Waals surface area contributed by atoms with E-state index in [4.69, 9.17) is 14.7 Å². The molecule has 9 heteroatoms. The Morgan fingerprint density at radius 3 is 2.58 bits per heavy atom. The molecule has 0 aliphatic carbocycles. The number of nitrogens with zero attached hydrogens (tertiary/aromatic N) is 7. The summed E-state index contributed by atoms with van der Waals surface area (Å²) in [7, 11) is 0. The van der Waals surface area contributed by atoms with Crippen LogP contribution in [0.1, 0.15) is 11.1 Å². The lowest BCUT2D eigenvalue weighted by Gasteiger charge is -2.27. The van der Waals surface area contributed by atoms with Gasteiger partial charge in [0.1, 0.15) is 6.33 Å². The number of ether oxygens (including phenoxy) is 1. The maximum Gasteiger partial charge on any atom is 0.229 e. The van der Waals surface area contributed by atoms with Crippen LogP contribution in [0.25, 0.3) is 11.2 Å². The van der Waals surface area contributed by atoms with Gasteiger partial charge in [-0.15, -0.1) is 0 Å². The molecule has 1 aromatic carbocycles. The van der Waals surface area contributed by atoms with E-state index in [1.807, 2.05) is 24.3 Å². The lowest BCUT2D eigenvalue weighted by molar-refractivity contribution is 0.122. The molecule has 156 valence electrons. The van der Waals surface area contributed by atoms with Crippen LogP contribution in [0.5, 0.6) is 0 Å². The molecule has 0 bridgehead atoms. The largest absolute Gasteiger partial charge is 0.378 e. The SMILES string of the molecule is Cc1ccc(C=Nn2cnc3c(Nc4ccncc4)nc(N4CCOCC4)nc32)cc1. The number of hydrogen-bond acceptors (Lipinski definition) is 8. The summed E-state index contributed by atoms with van der Waals surface area (Å²) in [6.07, 6.45) is 6.92. The first-order valence-corrected chi connectivity index (χ1v) is 10.1. The third kappa shape index (κ3) is 4.22. The second kappa shape index (κ2) is 8.49. The Morgan fingerprint density at radius 1 is 1.03 bits per heavy atom. The van der Waals surface area contributed by atoms with Gasteiger partial charge < -0.3 is 15.0 Å². The van der Waals surface area contributed by atoms with Crippen LogP contribution in [-0.2, 0) is 4.74 Å². The average molecular weight is 414 g/mol. The first-order valence-electron chi connectivity index (χ1n) is 10.1. The summed E-state index contributed by atoms with van der Waals surface area (Å²) >= 11 is 0. The van der Waals surface area contributed by atoms with Crippen molar-refractivity contribution in [1.29, 1.82) is 0 Å². The molecular weight excluding hydrogens is 392 g/mol. The number of rotatable bonds is 5. The van der Waals surface area contributed by atoms with Crippen molar-refractivity contribution in [1.82, 2.24) is 24.6 Å². The fourth-order valence-electron chi connectivity index (χ4n) is 3.31. The van der Waals surface area contributed by atoms with Gasteiger partial charge in [0.2, 0.25) is 5.95 Å². The van der Waals surface area contributed by atoms with Gasteiger partial charge >= 0.3 is 0 Å². The molecule has 0 atom stereocenters. The number of aromatic nitrogens is 5. The van der Waals surface area contributed by atoms with Crippen LogP contribution in [0.4, 0.5) is 17.5 Å². The number of morpholine rings is 1. The van der Waals surface area contributed by atoms with Crippen molar-refractivity contribution >= 4 is 34.8 Å². The third-order valence-corrected chi connectivity index (χ3v) is 5.01. The van der Waals surface area contributed by atoms with Crippen LogP contribution in [0.15, 0.2) is 60.2 Å². The predicted octanol–water partition coefficient (Wildman–Crippen LogP) is 2.99. The number of nitrogens with one attached hydrogen (secondary N) is 1. The highest BCUT2D eigenvalue weighted by Crippen LogP contribution is 2.25. The summed E-state index contributed by atoms with van der Waals surface area (Å²) in [6, 6.07) is 11.9. The van der Waals surface area contributed by atoms with E-state index in [0.717, 1.165) is 24.3 Å². The van der Waals surface area contributed by atoms with Gasteiger partial charge in [0.05, 0.1) is 19.4 Å². The first-order chi connectivity index (χ1) is 15.3. The zero-order valence-corrected chi connectivity index (χ0v) is 17.1. The van der Waals surface area contributed by atoms with Gasteiger partial charge in [-0.3, -0.25) is 4.98 Å². The lowest BCUT2D eigenvalue weighted by Crippen LogP contribution is -2.37. The molecule has 5 rings (SSSR count). The Hall–Kier alpha value is -3.85. The van der Waals surface area contributed by atoms with E-state index in [1.54, 1.807) is 29.6 Å². The van der Waals surface area contributed by atoms with E-state index >= 15 is 0 Å². The minimum absolute atomic E-state index is 0.625. The van der Waals surface area contributed by atoms with Crippen molar-refractivity contribution < 1.29 is 4.74 Å². The Balaban J connectivity index is 1.55. The Morgan fingerprint density at radius 2 is 1.81 bits per heavy atom. The summed E-state index contributed by atoms with van der Waals surface area (Å²) in [6.45, 7) is 4.84. The molecule has 4 aromatic rings. The number of pyridine rings is 1. The van der Waals surface area contributed by atoms with Gasteiger partial charge in [-0.1, -0.05) is 29.8 Å². The third-order valence-electron chi connectivity index (χ3n) is 5.01. The minimum Gasteiger partial charge on any atom is -0.378 e. The van der Waals surface area contributed by atoms with Crippen molar-refractivity contribution in [2.45, 2.75) is 6.92 Å². The fourth-order valence-corrected chi connectivity index (χ4v) is 3.31. The predicted molar refractivity (Wildman–Crippen MR) is 120 cm³/mol. The summed E-state index contributed by atoms with van der Waals surface area (Å²) < 4.78 is 7.16. The molecule has 0 spiro atoms. The normalized spacial score (nSPS) is 14.4. The fraction of sp³-hybridized carbons (Fsp3) is 0.227. The maximum absolute atomic E-state index is 5.48. The molecule has 0 radical (unpaired) electrons. The van der Waals surface area contributed by atoms with Crippen LogP contribution in [0.3, 0.4) is 0 Å². The highest BCUT2D eigenvalue weighted by Gasteiger charge is 2.19. The second-order valence-corrected chi connectivity index (χ2v) is 7.25. The van der Waals surface area contributed by atoms with Gasteiger partial charge in [0.25, 0.3) is 0 Å². The van der Waals surface area contributed by atoms with E-state index < -0.39 is 0 Å². The number of hydrogen-bond donors (Lipinski definition) is 1. The monoisotopic (exact) mass is 414 g/mol. The summed E-state index contributed by atoms with van der Waals surface area (Å²) in [5.41, 5.74) is 4.37. The molecule has 1 aliphatic heterocycles. The van der Waals surface area contributed by atoms with Crippen molar-refractivity contribution in [3.8, 4) is 0 Å². The summed E-state index contributed by atoms with van der Waals surface area (Å²) in [4.78, 5) is 20.3. The molecule has 1 aliphatic rings. The Bertz CT molecular complexity index is 1200. The zero-order chi connectivity index (χ0) is 21.0. The highest BCUT2D eigenvalue weighted by molar-refractivity contribution is 5.87. The van der Waals surface area contributed by atoms with Crippen LogP contribution in [0, 0.1) is 6.92 Å². The molecular formula is C22H22N8O. The topological polar surface area (TPSA) is 93.4 Å². The van der Waals surface area contributed by atoms with Crippen molar-refractivity contribution in [3.05, 3.63) is 66.2 Å². The van der Waals surface area contributed by atoms with Crippen LogP contribution in [0.2, 0.25) is 0 Å². The number of imidazole rings is 1. The maximum atomic E-state index is 5.48. The van der Waals surface area contributed by atoms with E-state index in [0.29, 0.717) is 36.1 Å². The van der Waals surface area contributed by atoms with Gasteiger partial charge in [-0.2, -0.15) is 15.1 Å². The second-order valence-electron chi connectivity index (χ2n) is 7.25. The summed E-state index contributed by atoms with van der Waals surface area (Å²) in [5.74, 6) is 1.25. The molecule has 0 saturated carbocycles. The van der Waals surface area contributed by atoms with Gasteiger partial charge in [0, 0.05) is 31.2 Å². The van der Waals surface area contributed by atoms with Crippen molar-refractivity contribution in [2.24, 2.45) is 5.10 Å². The Kier molecular flexibility index (Phi) is 5.24.